The zero-order valence-electron chi connectivity index (χ0n) is 24.5. The predicted octanol–water partition coefficient (Wildman–Crippen LogP) is 6.19. The average Bonchev–Trinajstić information content (AvgIpc) is 3.57. The maximum absolute atomic E-state index is 4.31. The molecule has 3 aromatic rings. The molecular weight excluding hydrogens is 462 g/mol. The van der Waals surface area contributed by atoms with E-state index in [4.69, 9.17) is 0 Å². The fraction of sp³-hybridized carbons (Fsp3) is 0.679. The van der Waals surface area contributed by atoms with Crippen LogP contribution in [0.4, 0.5) is 0 Å². The summed E-state index contributed by atoms with van der Waals surface area (Å²) in [5.74, 6) is 4.18. The second-order valence-corrected chi connectivity index (χ2v) is 12.9. The average molecular weight is 516 g/mol. The quantitative estimate of drug-likeness (QED) is 0.284. The van der Waals surface area contributed by atoms with Crippen molar-refractivity contribution in [3.8, 4) is 0 Å². The van der Waals surface area contributed by atoms with Crippen molar-refractivity contribution < 1.29 is 0 Å². The molecule has 0 bridgehead atoms. The highest BCUT2D eigenvalue weighted by molar-refractivity contribution is 5.88. The first-order valence-corrected chi connectivity index (χ1v) is 12.6. The number of aromatic amines is 3. The minimum atomic E-state index is 0. The number of nitrogens with zero attached hydrogens (tertiary/aromatic N) is 5. The van der Waals surface area contributed by atoms with Crippen LogP contribution in [0.3, 0.4) is 0 Å². The number of nitrogens with one attached hydrogen (secondary N) is 4. The van der Waals surface area contributed by atoms with Crippen molar-refractivity contribution in [2.45, 2.75) is 107 Å². The van der Waals surface area contributed by atoms with Crippen LogP contribution in [0.15, 0.2) is 36.1 Å². The second-order valence-electron chi connectivity index (χ2n) is 12.9. The molecular formula is C28H53N9. The number of amidine groups is 1. The van der Waals surface area contributed by atoms with Crippen LogP contribution in [0.25, 0.3) is 0 Å². The zero-order chi connectivity index (χ0) is 27.6. The third kappa shape index (κ3) is 13.2. The SMILES string of the molecule is C.CC(C)(C)C1=NCCN1.CC(C)(C)c1ncc[nH]1.CC(C)(C)c1ncc[nH]1.CC(C)(C)c1ncn[nH]1. The first kappa shape index (κ1) is 34.0. The molecule has 0 fully saturated rings. The van der Waals surface area contributed by atoms with Crippen LogP contribution in [0.2, 0.25) is 0 Å². The molecule has 9 nitrogen and oxygen atoms in total. The summed E-state index contributed by atoms with van der Waals surface area (Å²) < 4.78 is 0. The Bertz CT molecular complexity index is 867. The first-order chi connectivity index (χ1) is 16.4. The lowest BCUT2D eigenvalue weighted by Gasteiger charge is -2.18. The molecule has 210 valence electrons. The van der Waals surface area contributed by atoms with Gasteiger partial charge in [0.1, 0.15) is 29.6 Å². The lowest BCUT2D eigenvalue weighted by molar-refractivity contribution is 0.548. The summed E-state index contributed by atoms with van der Waals surface area (Å²) in [5, 5.41) is 9.82. The Morgan fingerprint density at radius 1 is 0.622 bits per heavy atom. The van der Waals surface area contributed by atoms with E-state index >= 15 is 0 Å². The molecule has 3 aromatic heterocycles. The monoisotopic (exact) mass is 515 g/mol. The molecule has 4 N–H and O–H groups in total. The largest absolute Gasteiger partial charge is 0.372 e. The maximum Gasteiger partial charge on any atom is 0.137 e. The third-order valence-corrected chi connectivity index (χ3v) is 4.93. The molecule has 4 rings (SSSR count). The van der Waals surface area contributed by atoms with Gasteiger partial charge in [0.15, 0.2) is 0 Å². The topological polar surface area (TPSA) is 123 Å². The van der Waals surface area contributed by atoms with E-state index in [0.29, 0.717) is 0 Å². The van der Waals surface area contributed by atoms with Crippen LogP contribution < -0.4 is 5.32 Å². The number of hydrogen-bond donors (Lipinski definition) is 4. The lowest BCUT2D eigenvalue weighted by atomic mass is 9.95. The Morgan fingerprint density at radius 3 is 1.24 bits per heavy atom. The van der Waals surface area contributed by atoms with E-state index in [1.165, 1.54) is 6.33 Å². The van der Waals surface area contributed by atoms with Crippen molar-refractivity contribution in [3.05, 3.63) is 48.6 Å². The van der Waals surface area contributed by atoms with Gasteiger partial charge in [0.2, 0.25) is 0 Å². The molecule has 0 radical (unpaired) electrons. The summed E-state index contributed by atoms with van der Waals surface area (Å²) >= 11 is 0. The summed E-state index contributed by atoms with van der Waals surface area (Å²) in [7, 11) is 0. The second kappa shape index (κ2) is 14.1. The Hall–Kier alpha value is -2.97. The van der Waals surface area contributed by atoms with Crippen LogP contribution >= 0.6 is 0 Å². The molecule has 0 aliphatic carbocycles. The van der Waals surface area contributed by atoms with Crippen LogP contribution in [0.5, 0.6) is 0 Å². The minimum Gasteiger partial charge on any atom is -0.372 e. The molecule has 0 saturated heterocycles. The van der Waals surface area contributed by atoms with Crippen molar-refractivity contribution in [1.82, 2.24) is 40.4 Å². The predicted molar refractivity (Wildman–Crippen MR) is 156 cm³/mol. The van der Waals surface area contributed by atoms with Gasteiger partial charge in [0.25, 0.3) is 0 Å². The van der Waals surface area contributed by atoms with Crippen molar-refractivity contribution in [3.63, 3.8) is 0 Å². The van der Waals surface area contributed by atoms with Gasteiger partial charge in [-0.05, 0) is 0 Å². The molecule has 0 amide bonds. The van der Waals surface area contributed by atoms with E-state index in [2.05, 4.69) is 129 Å². The number of H-pyrrole nitrogens is 3. The fourth-order valence-electron chi connectivity index (χ4n) is 2.82. The highest BCUT2D eigenvalue weighted by Gasteiger charge is 2.20. The standard InChI is InChI=1S/C7H14N2.2C7H12N2.C6H11N3.CH4/c3*1-7(2,3)6-8-4-5-9-6;1-6(2,3)5-7-4-8-9-5;/h4-5H2,1-3H3,(H,8,9);2*4-5H,1-3H3,(H,8,9);4H,1-3H3,(H,7,8,9);1H4. The number of aliphatic imine (C=N–C) groups is 1. The van der Waals surface area contributed by atoms with E-state index in [9.17, 15) is 0 Å². The van der Waals surface area contributed by atoms with Gasteiger partial charge in [-0.25, -0.2) is 15.0 Å². The highest BCUT2D eigenvalue weighted by atomic mass is 15.2. The van der Waals surface area contributed by atoms with E-state index < -0.39 is 0 Å². The molecule has 37 heavy (non-hydrogen) atoms. The molecule has 4 heterocycles. The zero-order valence-corrected chi connectivity index (χ0v) is 24.5. The molecule has 0 atom stereocenters. The summed E-state index contributed by atoms with van der Waals surface area (Å²) in [4.78, 5) is 22.7. The maximum atomic E-state index is 4.31. The highest BCUT2D eigenvalue weighted by Crippen LogP contribution is 2.18. The van der Waals surface area contributed by atoms with Crippen molar-refractivity contribution >= 4 is 5.84 Å². The summed E-state index contributed by atoms with van der Waals surface area (Å²) in [6.07, 6.45) is 8.78. The van der Waals surface area contributed by atoms with E-state index in [1.54, 1.807) is 12.4 Å². The molecule has 9 heteroatoms. The Balaban J connectivity index is 0.000000463. The van der Waals surface area contributed by atoms with Gasteiger partial charge in [0.05, 0.1) is 6.54 Å². The van der Waals surface area contributed by atoms with Gasteiger partial charge in [-0.3, -0.25) is 10.1 Å². The molecule has 0 unspecified atom stereocenters. The fourth-order valence-corrected chi connectivity index (χ4v) is 2.82. The normalized spacial score (nSPS) is 13.4. The van der Waals surface area contributed by atoms with Crippen molar-refractivity contribution in [2.75, 3.05) is 13.1 Å². The van der Waals surface area contributed by atoms with E-state index in [0.717, 1.165) is 36.4 Å². The van der Waals surface area contributed by atoms with Crippen molar-refractivity contribution in [2.24, 2.45) is 10.4 Å². The Morgan fingerprint density at radius 2 is 1.08 bits per heavy atom. The Kier molecular flexibility index (Phi) is 13.0. The van der Waals surface area contributed by atoms with Crippen LogP contribution in [-0.4, -0.2) is 54.0 Å². The molecule has 0 saturated carbocycles. The van der Waals surface area contributed by atoms with E-state index in [-0.39, 0.29) is 29.1 Å². The number of hydrogen-bond acceptors (Lipinski definition) is 6. The van der Waals surface area contributed by atoms with Gasteiger partial charge in [-0.15, -0.1) is 0 Å². The summed E-state index contributed by atoms with van der Waals surface area (Å²) in [5.41, 5.74) is 0.625. The number of imidazole rings is 2. The van der Waals surface area contributed by atoms with Crippen LogP contribution in [0, 0.1) is 5.41 Å². The first-order valence-electron chi connectivity index (χ1n) is 12.6. The van der Waals surface area contributed by atoms with Gasteiger partial charge >= 0.3 is 0 Å². The van der Waals surface area contributed by atoms with Gasteiger partial charge in [-0.2, -0.15) is 5.10 Å². The van der Waals surface area contributed by atoms with E-state index in [1.807, 2.05) is 12.4 Å². The molecule has 0 aromatic carbocycles. The lowest BCUT2D eigenvalue weighted by Crippen LogP contribution is -2.31. The number of aromatic nitrogens is 7. The third-order valence-electron chi connectivity index (χ3n) is 4.93. The molecule has 0 spiro atoms. The smallest absolute Gasteiger partial charge is 0.137 e. The van der Waals surface area contributed by atoms with Gasteiger partial charge < -0.3 is 15.3 Å². The Labute approximate surface area is 225 Å². The molecule has 1 aliphatic rings. The molecule has 1 aliphatic heterocycles. The summed E-state index contributed by atoms with van der Waals surface area (Å²) in [6.45, 7) is 27.5. The van der Waals surface area contributed by atoms with Crippen LogP contribution in [0.1, 0.15) is 108 Å². The number of rotatable bonds is 0. The summed E-state index contributed by atoms with van der Waals surface area (Å²) in [6, 6.07) is 0. The van der Waals surface area contributed by atoms with Gasteiger partial charge in [-0.1, -0.05) is 90.5 Å². The van der Waals surface area contributed by atoms with Gasteiger partial charge in [0, 0.05) is 53.0 Å². The minimum absolute atomic E-state index is 0. The van der Waals surface area contributed by atoms with Crippen LogP contribution in [-0.2, 0) is 16.2 Å². The van der Waals surface area contributed by atoms with Crippen molar-refractivity contribution in [1.29, 1.82) is 0 Å².